The van der Waals surface area contributed by atoms with E-state index in [9.17, 15) is 9.59 Å². The number of carbonyl (C=O) groups is 2. The highest BCUT2D eigenvalue weighted by atomic mass is 16.4. The quantitative estimate of drug-likeness (QED) is 0.581. The molecule has 0 fully saturated rings. The average molecular weight is 366 g/mol. The molecule has 0 spiro atoms. The number of carboxylic acid groups (broad SMARTS) is 2. The Kier molecular flexibility index (Phi) is 31.7. The molecule has 0 amide bonds. The fourth-order valence-electron chi connectivity index (χ4n) is 1.67. The van der Waals surface area contributed by atoms with Crippen LogP contribution < -0.4 is 0 Å². The van der Waals surface area contributed by atoms with Crippen molar-refractivity contribution in [1.29, 1.82) is 0 Å². The molecule has 7 nitrogen and oxygen atoms in total. The Hall–Kier alpha value is -1.18. The van der Waals surface area contributed by atoms with E-state index in [0.717, 1.165) is 19.6 Å². The van der Waals surface area contributed by atoms with E-state index in [4.69, 9.17) is 10.2 Å². The summed E-state index contributed by atoms with van der Waals surface area (Å²) in [4.78, 5) is 26.7. The zero-order chi connectivity index (χ0) is 20.8. The molecule has 0 aromatic carbocycles. The molecular weight excluding hydrogens is 322 g/mol. The normalized spacial score (nSPS) is 9.44. The topological polar surface area (TPSA) is 84.3 Å². The van der Waals surface area contributed by atoms with Crippen LogP contribution >= 0.6 is 0 Å². The lowest BCUT2D eigenvalue weighted by Crippen LogP contribution is -2.39. The third-order valence-corrected chi connectivity index (χ3v) is 2.85. The Bertz CT molecular complexity index is 263. The third-order valence-electron chi connectivity index (χ3n) is 2.85. The number of carboxylic acids is 2. The first-order valence-electron chi connectivity index (χ1n) is 9.38. The summed E-state index contributed by atoms with van der Waals surface area (Å²) in [7, 11) is 3.55. The number of aliphatic carboxylic acids is 2. The predicted octanol–water partition coefficient (Wildman–Crippen LogP) is 2.42. The van der Waals surface area contributed by atoms with Gasteiger partial charge in [0.05, 0.1) is 13.1 Å². The molecular formula is C18H43N3O4. The molecule has 0 bridgehead atoms. The molecule has 0 aliphatic carbocycles. The van der Waals surface area contributed by atoms with Crippen LogP contribution in [0.25, 0.3) is 0 Å². The van der Waals surface area contributed by atoms with Crippen LogP contribution in [0.2, 0.25) is 0 Å². The van der Waals surface area contributed by atoms with Crippen LogP contribution in [0.3, 0.4) is 0 Å². The van der Waals surface area contributed by atoms with E-state index in [1.807, 2.05) is 48.5 Å². The lowest BCUT2D eigenvalue weighted by molar-refractivity contribution is -0.138. The number of nitrogens with zero attached hydrogens (tertiary/aromatic N) is 3. The highest BCUT2D eigenvalue weighted by molar-refractivity contribution is 5.69. The van der Waals surface area contributed by atoms with Crippen molar-refractivity contribution < 1.29 is 19.8 Å². The van der Waals surface area contributed by atoms with Crippen molar-refractivity contribution >= 4 is 11.9 Å². The van der Waals surface area contributed by atoms with Crippen LogP contribution in [-0.4, -0.2) is 96.8 Å². The van der Waals surface area contributed by atoms with Crippen LogP contribution in [0.1, 0.15) is 48.5 Å². The molecule has 154 valence electrons. The molecule has 0 unspecified atom stereocenters. The molecule has 0 saturated heterocycles. The second-order valence-corrected chi connectivity index (χ2v) is 4.70. The third kappa shape index (κ3) is 27.9. The maximum atomic E-state index is 10.5. The number of hydrogen-bond acceptors (Lipinski definition) is 5. The first-order valence-corrected chi connectivity index (χ1v) is 9.38. The van der Waals surface area contributed by atoms with Gasteiger partial charge in [0.1, 0.15) is 0 Å². The van der Waals surface area contributed by atoms with Crippen LogP contribution in [-0.2, 0) is 9.59 Å². The fraction of sp³-hybridized carbons (Fsp3) is 0.889. The van der Waals surface area contributed by atoms with Crippen LogP contribution in [0.5, 0.6) is 0 Å². The molecule has 0 aromatic heterocycles. The zero-order valence-corrected chi connectivity index (χ0v) is 18.0. The Morgan fingerprint density at radius 1 is 0.680 bits per heavy atom. The van der Waals surface area contributed by atoms with Gasteiger partial charge in [-0.25, -0.2) is 0 Å². The molecule has 0 aromatic rings. The summed E-state index contributed by atoms with van der Waals surface area (Å²) in [6.07, 6.45) is 0. The largest absolute Gasteiger partial charge is 0.480 e. The molecule has 0 atom stereocenters. The Morgan fingerprint density at radius 3 is 1.16 bits per heavy atom. The summed E-state index contributed by atoms with van der Waals surface area (Å²) in [6, 6.07) is 0. The molecule has 0 radical (unpaired) electrons. The van der Waals surface area contributed by atoms with Gasteiger partial charge in [0, 0.05) is 26.2 Å². The number of likely N-dealkylation sites (N-methyl/N-ethyl adjacent to an activating group) is 3. The van der Waals surface area contributed by atoms with Gasteiger partial charge >= 0.3 is 11.9 Å². The Labute approximate surface area is 155 Å². The smallest absolute Gasteiger partial charge is 0.317 e. The second-order valence-electron chi connectivity index (χ2n) is 4.70. The first-order chi connectivity index (χ1) is 11.8. The average Bonchev–Trinajstić information content (AvgIpc) is 2.59. The van der Waals surface area contributed by atoms with Gasteiger partial charge in [-0.15, -0.1) is 0 Å². The molecule has 0 heterocycles. The van der Waals surface area contributed by atoms with Gasteiger partial charge in [-0.2, -0.15) is 0 Å². The van der Waals surface area contributed by atoms with Crippen molar-refractivity contribution in [2.24, 2.45) is 0 Å². The van der Waals surface area contributed by atoms with Crippen molar-refractivity contribution in [1.82, 2.24) is 14.7 Å². The molecule has 0 aliphatic heterocycles. The molecule has 0 saturated carbocycles. The van der Waals surface area contributed by atoms with E-state index in [0.29, 0.717) is 13.1 Å². The van der Waals surface area contributed by atoms with E-state index in [1.54, 1.807) is 23.9 Å². The summed E-state index contributed by atoms with van der Waals surface area (Å²) >= 11 is 0. The van der Waals surface area contributed by atoms with Gasteiger partial charge in [0.2, 0.25) is 0 Å². The van der Waals surface area contributed by atoms with Gasteiger partial charge in [-0.05, 0) is 20.6 Å². The molecule has 7 heteroatoms. The van der Waals surface area contributed by atoms with Crippen molar-refractivity contribution in [2.75, 3.05) is 59.9 Å². The molecule has 0 aliphatic rings. The van der Waals surface area contributed by atoms with Crippen molar-refractivity contribution in [3.05, 3.63) is 0 Å². The monoisotopic (exact) mass is 365 g/mol. The Morgan fingerprint density at radius 2 is 0.960 bits per heavy atom. The summed E-state index contributed by atoms with van der Waals surface area (Å²) in [5.74, 6) is -1.65. The minimum Gasteiger partial charge on any atom is -0.480 e. The van der Waals surface area contributed by atoms with Gasteiger partial charge in [0.15, 0.2) is 0 Å². The maximum absolute atomic E-state index is 10.5. The van der Waals surface area contributed by atoms with Gasteiger partial charge in [-0.1, -0.05) is 48.5 Å². The van der Waals surface area contributed by atoms with Gasteiger partial charge < -0.3 is 15.1 Å². The highest BCUT2D eigenvalue weighted by Gasteiger charge is 2.09. The van der Waals surface area contributed by atoms with E-state index < -0.39 is 11.9 Å². The van der Waals surface area contributed by atoms with Crippen molar-refractivity contribution in [3.8, 4) is 0 Å². The van der Waals surface area contributed by atoms with E-state index in [2.05, 4.69) is 4.90 Å². The molecule has 2 N–H and O–H groups in total. The zero-order valence-electron chi connectivity index (χ0n) is 18.0. The van der Waals surface area contributed by atoms with E-state index in [1.165, 1.54) is 0 Å². The fourth-order valence-corrected chi connectivity index (χ4v) is 1.67. The lowest BCUT2D eigenvalue weighted by Gasteiger charge is -2.25. The van der Waals surface area contributed by atoms with E-state index >= 15 is 0 Å². The number of rotatable bonds is 11. The number of hydrogen-bond donors (Lipinski definition) is 2. The molecule has 25 heavy (non-hydrogen) atoms. The van der Waals surface area contributed by atoms with Gasteiger partial charge in [0.25, 0.3) is 0 Å². The van der Waals surface area contributed by atoms with Crippen LogP contribution in [0.4, 0.5) is 0 Å². The summed E-state index contributed by atoms with van der Waals surface area (Å²) < 4.78 is 0. The summed E-state index contributed by atoms with van der Waals surface area (Å²) in [5, 5.41) is 17.3. The standard InChI is InChI=1S/C12H25N3O4.3C2H6/c1-4-15(7-5-13(2)9-11(16)17)8-6-14(3)10-12(18)19;3*1-2/h4-10H2,1-3H3,(H,16,17)(H,18,19);3*1-2H3. The maximum Gasteiger partial charge on any atom is 0.317 e. The minimum atomic E-state index is -0.827. The van der Waals surface area contributed by atoms with E-state index in [-0.39, 0.29) is 13.1 Å². The summed E-state index contributed by atoms with van der Waals surface area (Å²) in [5.41, 5.74) is 0. The minimum absolute atomic E-state index is 0.0382. The predicted molar refractivity (Wildman–Crippen MR) is 106 cm³/mol. The molecule has 0 rings (SSSR count). The van der Waals surface area contributed by atoms with Crippen molar-refractivity contribution in [2.45, 2.75) is 48.5 Å². The van der Waals surface area contributed by atoms with Crippen LogP contribution in [0.15, 0.2) is 0 Å². The lowest BCUT2D eigenvalue weighted by atomic mass is 10.4. The second kappa shape index (κ2) is 25.1. The Balaban J connectivity index is -0.000000329. The highest BCUT2D eigenvalue weighted by Crippen LogP contribution is 1.92. The SMILES string of the molecule is CC.CC.CC.CCN(CCN(C)CC(=O)O)CCN(C)CC(=O)O. The van der Waals surface area contributed by atoms with Crippen molar-refractivity contribution in [3.63, 3.8) is 0 Å². The van der Waals surface area contributed by atoms with Gasteiger partial charge in [-0.3, -0.25) is 19.4 Å². The summed E-state index contributed by atoms with van der Waals surface area (Å²) in [6.45, 7) is 17.9. The first kappa shape index (κ1) is 31.6. The van der Waals surface area contributed by atoms with Crippen LogP contribution in [0, 0.1) is 0 Å².